The van der Waals surface area contributed by atoms with Crippen molar-refractivity contribution in [2.75, 3.05) is 0 Å². The van der Waals surface area contributed by atoms with Crippen LogP contribution in [-0.2, 0) is 0 Å². The summed E-state index contributed by atoms with van der Waals surface area (Å²) in [5.74, 6) is 0. The first-order chi connectivity index (χ1) is 9.83. The topological polar surface area (TPSA) is 0 Å². The highest BCUT2D eigenvalue weighted by Crippen LogP contribution is 2.24. The fourth-order valence-electron chi connectivity index (χ4n) is 2.39. The van der Waals surface area contributed by atoms with Crippen molar-refractivity contribution < 1.29 is 0 Å². The van der Waals surface area contributed by atoms with Crippen molar-refractivity contribution in [3.05, 3.63) is 90.0 Å². The second kappa shape index (κ2) is 5.75. The summed E-state index contributed by atoms with van der Waals surface area (Å²) in [6.07, 6.45) is 11.8. The Hall–Kier alpha value is -2.34. The lowest BCUT2D eigenvalue weighted by atomic mass is 9.99. The highest BCUT2D eigenvalue weighted by molar-refractivity contribution is 5.76. The summed E-state index contributed by atoms with van der Waals surface area (Å²) in [4.78, 5) is 0. The summed E-state index contributed by atoms with van der Waals surface area (Å²) in [5, 5.41) is 0. The number of hydrogen-bond acceptors (Lipinski definition) is 0. The molecule has 3 rings (SSSR count). The number of benzene rings is 2. The van der Waals surface area contributed by atoms with Crippen molar-refractivity contribution in [1.29, 1.82) is 0 Å². The molecule has 0 aromatic heterocycles. The SMILES string of the molecule is Cc1ccc(-c2ccc(C3=CCC=CC=C3)cc2)cc1. The minimum Gasteiger partial charge on any atom is -0.0807 e. The van der Waals surface area contributed by atoms with Gasteiger partial charge in [0.15, 0.2) is 0 Å². The molecule has 0 bridgehead atoms. The van der Waals surface area contributed by atoms with E-state index >= 15 is 0 Å². The molecule has 0 nitrogen and oxygen atoms in total. The normalized spacial score (nSPS) is 13.9. The van der Waals surface area contributed by atoms with Crippen LogP contribution in [0.15, 0.2) is 78.9 Å². The van der Waals surface area contributed by atoms with Crippen LogP contribution in [0.2, 0.25) is 0 Å². The zero-order valence-electron chi connectivity index (χ0n) is 11.7. The summed E-state index contributed by atoms with van der Waals surface area (Å²) in [5.41, 5.74) is 6.41. The molecule has 0 radical (unpaired) electrons. The van der Waals surface area contributed by atoms with Gasteiger partial charge in [0.1, 0.15) is 0 Å². The van der Waals surface area contributed by atoms with Crippen LogP contribution in [0.25, 0.3) is 16.7 Å². The number of allylic oxidation sites excluding steroid dienone is 6. The minimum absolute atomic E-state index is 1.00. The van der Waals surface area contributed by atoms with Gasteiger partial charge in [0.05, 0.1) is 0 Å². The van der Waals surface area contributed by atoms with Crippen LogP contribution in [-0.4, -0.2) is 0 Å². The molecule has 0 amide bonds. The van der Waals surface area contributed by atoms with Gasteiger partial charge in [-0.3, -0.25) is 0 Å². The molecule has 2 aromatic carbocycles. The maximum Gasteiger partial charge on any atom is -0.0157 e. The van der Waals surface area contributed by atoms with Gasteiger partial charge in [-0.15, -0.1) is 0 Å². The van der Waals surface area contributed by atoms with Crippen LogP contribution < -0.4 is 0 Å². The van der Waals surface area contributed by atoms with E-state index < -0.39 is 0 Å². The highest BCUT2D eigenvalue weighted by atomic mass is 14.1. The molecule has 20 heavy (non-hydrogen) atoms. The van der Waals surface area contributed by atoms with Gasteiger partial charge < -0.3 is 0 Å². The Kier molecular flexibility index (Phi) is 3.64. The number of aryl methyl sites for hydroxylation is 1. The molecule has 98 valence electrons. The Morgan fingerprint density at radius 2 is 1.30 bits per heavy atom. The fourth-order valence-corrected chi connectivity index (χ4v) is 2.39. The highest BCUT2D eigenvalue weighted by Gasteiger charge is 2.01. The molecular weight excluding hydrogens is 240 g/mol. The van der Waals surface area contributed by atoms with Gasteiger partial charge in [-0.1, -0.05) is 84.5 Å². The van der Waals surface area contributed by atoms with E-state index in [1.54, 1.807) is 0 Å². The van der Waals surface area contributed by atoms with E-state index in [2.05, 4.69) is 85.8 Å². The molecule has 0 heteroatoms. The maximum absolute atomic E-state index is 2.26. The van der Waals surface area contributed by atoms with Crippen LogP contribution in [0, 0.1) is 6.92 Å². The largest absolute Gasteiger partial charge is 0.0807 e. The molecule has 0 saturated heterocycles. The first-order valence-corrected chi connectivity index (χ1v) is 7.04. The zero-order valence-corrected chi connectivity index (χ0v) is 11.7. The van der Waals surface area contributed by atoms with Crippen molar-refractivity contribution >= 4 is 5.57 Å². The first-order valence-electron chi connectivity index (χ1n) is 7.04. The molecule has 1 aliphatic carbocycles. The van der Waals surface area contributed by atoms with E-state index in [0.29, 0.717) is 0 Å². The van der Waals surface area contributed by atoms with Gasteiger partial charge >= 0.3 is 0 Å². The zero-order chi connectivity index (χ0) is 13.8. The van der Waals surface area contributed by atoms with Gasteiger partial charge in [-0.25, -0.2) is 0 Å². The van der Waals surface area contributed by atoms with E-state index in [1.807, 2.05) is 0 Å². The molecule has 0 unspecified atom stereocenters. The number of rotatable bonds is 2. The quantitative estimate of drug-likeness (QED) is 0.661. The van der Waals surface area contributed by atoms with Gasteiger partial charge in [-0.2, -0.15) is 0 Å². The van der Waals surface area contributed by atoms with Gasteiger partial charge in [-0.05, 0) is 35.6 Å². The Morgan fingerprint density at radius 1 is 0.700 bits per heavy atom. The van der Waals surface area contributed by atoms with Crippen LogP contribution >= 0.6 is 0 Å². The molecule has 0 N–H and O–H groups in total. The van der Waals surface area contributed by atoms with Gasteiger partial charge in [0.25, 0.3) is 0 Å². The van der Waals surface area contributed by atoms with E-state index in [0.717, 1.165) is 6.42 Å². The predicted molar refractivity (Wildman–Crippen MR) is 87.5 cm³/mol. The Labute approximate surface area is 120 Å². The maximum atomic E-state index is 2.26. The van der Waals surface area contributed by atoms with Crippen LogP contribution in [0.1, 0.15) is 17.5 Å². The second-order valence-electron chi connectivity index (χ2n) is 5.13. The van der Waals surface area contributed by atoms with E-state index in [9.17, 15) is 0 Å². The predicted octanol–water partition coefficient (Wildman–Crippen LogP) is 5.56. The Balaban J connectivity index is 1.88. The molecule has 0 spiro atoms. The van der Waals surface area contributed by atoms with Gasteiger partial charge in [0.2, 0.25) is 0 Å². The van der Waals surface area contributed by atoms with E-state index in [4.69, 9.17) is 0 Å². The van der Waals surface area contributed by atoms with Crippen molar-refractivity contribution in [2.24, 2.45) is 0 Å². The Morgan fingerprint density at radius 3 is 2.00 bits per heavy atom. The van der Waals surface area contributed by atoms with E-state index in [1.165, 1.54) is 27.8 Å². The molecule has 0 fully saturated rings. The average molecular weight is 258 g/mol. The van der Waals surface area contributed by atoms with Gasteiger partial charge in [0, 0.05) is 0 Å². The molecule has 2 aromatic rings. The van der Waals surface area contributed by atoms with Crippen molar-refractivity contribution in [3.8, 4) is 11.1 Å². The average Bonchev–Trinajstić information content (AvgIpc) is 2.77. The summed E-state index contributed by atoms with van der Waals surface area (Å²) in [6.45, 7) is 2.12. The van der Waals surface area contributed by atoms with Crippen molar-refractivity contribution in [1.82, 2.24) is 0 Å². The molecule has 0 atom stereocenters. The fraction of sp³-hybridized carbons (Fsp3) is 0.100. The lowest BCUT2D eigenvalue weighted by molar-refractivity contribution is 1.40. The molecular formula is C20H18. The lowest BCUT2D eigenvalue weighted by Crippen LogP contribution is -1.83. The summed E-state index contributed by atoms with van der Waals surface area (Å²) >= 11 is 0. The Bertz CT molecular complexity index is 665. The second-order valence-corrected chi connectivity index (χ2v) is 5.13. The van der Waals surface area contributed by atoms with E-state index in [-0.39, 0.29) is 0 Å². The molecule has 0 saturated carbocycles. The third-order valence-electron chi connectivity index (χ3n) is 3.60. The molecule has 1 aliphatic rings. The standard InChI is InChI=1S/C20H18/c1-16-8-10-18(11-9-16)20-14-12-19(13-15-20)17-6-4-2-3-5-7-17/h2-4,6-15H,5H2,1H3. The van der Waals surface area contributed by atoms with Crippen LogP contribution in [0.3, 0.4) is 0 Å². The molecule has 0 heterocycles. The van der Waals surface area contributed by atoms with Crippen LogP contribution in [0.4, 0.5) is 0 Å². The third kappa shape index (κ3) is 2.80. The monoisotopic (exact) mass is 258 g/mol. The van der Waals surface area contributed by atoms with Crippen molar-refractivity contribution in [2.45, 2.75) is 13.3 Å². The summed E-state index contributed by atoms with van der Waals surface area (Å²) in [6, 6.07) is 17.5. The van der Waals surface area contributed by atoms with Crippen LogP contribution in [0.5, 0.6) is 0 Å². The van der Waals surface area contributed by atoms with Crippen molar-refractivity contribution in [3.63, 3.8) is 0 Å². The summed E-state index contributed by atoms with van der Waals surface area (Å²) < 4.78 is 0. The lowest BCUT2D eigenvalue weighted by Gasteiger charge is -2.06. The minimum atomic E-state index is 1.00. The summed E-state index contributed by atoms with van der Waals surface area (Å²) in [7, 11) is 0. The number of hydrogen-bond donors (Lipinski definition) is 0. The smallest absolute Gasteiger partial charge is 0.0157 e. The first kappa shape index (κ1) is 12.7. The molecule has 0 aliphatic heterocycles. The third-order valence-corrected chi connectivity index (χ3v) is 3.60.